The maximum atomic E-state index is 12.5. The molecule has 138 valence electrons. The molecule has 0 unspecified atom stereocenters. The highest BCUT2D eigenvalue weighted by Gasteiger charge is 2.32. The zero-order valence-corrected chi connectivity index (χ0v) is 16.2. The lowest BCUT2D eigenvalue weighted by molar-refractivity contribution is -0.142. The van der Waals surface area contributed by atoms with Crippen LogP contribution in [0.25, 0.3) is 6.08 Å². The highest BCUT2D eigenvalue weighted by atomic mass is 79.9. The van der Waals surface area contributed by atoms with Gasteiger partial charge in [0.25, 0.3) is 0 Å². The van der Waals surface area contributed by atoms with Gasteiger partial charge in [0.2, 0.25) is 0 Å². The van der Waals surface area contributed by atoms with Crippen LogP contribution in [0.3, 0.4) is 0 Å². The Hall–Kier alpha value is -2.93. The van der Waals surface area contributed by atoms with Gasteiger partial charge >= 0.3 is 5.97 Å². The number of rotatable bonds is 5. The monoisotopic (exact) mass is 430 g/mol. The third-order valence-electron chi connectivity index (χ3n) is 4.06. The first-order chi connectivity index (χ1) is 13.0. The van der Waals surface area contributed by atoms with E-state index in [1.54, 1.807) is 36.4 Å². The van der Waals surface area contributed by atoms with Crippen LogP contribution >= 0.6 is 15.9 Å². The molecule has 0 saturated carbocycles. The Balaban J connectivity index is 1.96. The van der Waals surface area contributed by atoms with Gasteiger partial charge in [0, 0.05) is 15.6 Å². The molecule has 0 aliphatic heterocycles. The van der Waals surface area contributed by atoms with Gasteiger partial charge in [0.15, 0.2) is 29.7 Å². The summed E-state index contributed by atoms with van der Waals surface area (Å²) in [5.74, 6) is -0.479. The molecule has 27 heavy (non-hydrogen) atoms. The summed E-state index contributed by atoms with van der Waals surface area (Å²) in [6.07, 6.45) is 1.52. The van der Waals surface area contributed by atoms with Crippen molar-refractivity contribution in [2.24, 2.45) is 0 Å². The molecule has 1 aliphatic carbocycles. The normalized spacial score (nSPS) is 12.6. The molecule has 7 heteroatoms. The standard InChI is InChI=1S/C20H15BrO6/c1-25-16-8-11(15(21)9-17(16)27-10-18(22)26-2)7-14-19(23)12-5-3-4-6-13(12)20(14)24/h3-9H,10H2,1-2H3. The van der Waals surface area contributed by atoms with E-state index >= 15 is 0 Å². The van der Waals surface area contributed by atoms with Crippen LogP contribution < -0.4 is 9.47 Å². The summed E-state index contributed by atoms with van der Waals surface area (Å²) in [5.41, 5.74) is 1.45. The lowest BCUT2D eigenvalue weighted by Crippen LogP contribution is -2.13. The van der Waals surface area contributed by atoms with Gasteiger partial charge < -0.3 is 14.2 Å². The highest BCUT2D eigenvalue weighted by molar-refractivity contribution is 9.10. The summed E-state index contributed by atoms with van der Waals surface area (Å²) in [6, 6.07) is 9.93. The average molecular weight is 431 g/mol. The second-order valence-electron chi connectivity index (χ2n) is 5.65. The topological polar surface area (TPSA) is 78.9 Å². The van der Waals surface area contributed by atoms with Crippen molar-refractivity contribution in [2.45, 2.75) is 0 Å². The second kappa shape index (κ2) is 7.75. The van der Waals surface area contributed by atoms with E-state index < -0.39 is 5.97 Å². The van der Waals surface area contributed by atoms with Gasteiger partial charge in [-0.05, 0) is 23.8 Å². The van der Waals surface area contributed by atoms with Crippen LogP contribution in [-0.4, -0.2) is 38.4 Å². The SMILES string of the molecule is COC(=O)COc1cc(Br)c(C=C2C(=O)c3ccccc3C2=O)cc1OC. The molecule has 0 heterocycles. The van der Waals surface area contributed by atoms with Crippen molar-refractivity contribution < 1.29 is 28.6 Å². The number of allylic oxidation sites excluding steroid dienone is 1. The Morgan fingerprint density at radius 2 is 1.67 bits per heavy atom. The van der Waals surface area contributed by atoms with Crippen molar-refractivity contribution >= 4 is 39.5 Å². The number of carbonyl (C=O) groups excluding carboxylic acids is 3. The molecule has 3 rings (SSSR count). The Morgan fingerprint density at radius 3 is 2.22 bits per heavy atom. The van der Waals surface area contributed by atoms with Gasteiger partial charge in [-0.3, -0.25) is 9.59 Å². The summed E-state index contributed by atoms with van der Waals surface area (Å²) in [5, 5.41) is 0. The molecule has 0 fully saturated rings. The number of ketones is 2. The molecular formula is C20H15BrO6. The van der Waals surface area contributed by atoms with Crippen LogP contribution in [0.4, 0.5) is 0 Å². The Morgan fingerprint density at radius 1 is 1.04 bits per heavy atom. The quantitative estimate of drug-likeness (QED) is 0.410. The highest BCUT2D eigenvalue weighted by Crippen LogP contribution is 2.36. The third-order valence-corrected chi connectivity index (χ3v) is 4.75. The van der Waals surface area contributed by atoms with E-state index in [-0.39, 0.29) is 23.7 Å². The number of Topliss-reactive ketones (excluding diaryl/α,β-unsaturated/α-hetero) is 2. The summed E-state index contributed by atoms with van der Waals surface area (Å²) < 4.78 is 15.8. The van der Waals surface area contributed by atoms with E-state index in [4.69, 9.17) is 9.47 Å². The molecule has 2 aromatic carbocycles. The number of ether oxygens (including phenoxy) is 3. The first-order valence-corrected chi connectivity index (χ1v) is 8.72. The minimum atomic E-state index is -0.528. The zero-order chi connectivity index (χ0) is 19.6. The number of carbonyl (C=O) groups is 3. The van der Waals surface area contributed by atoms with Crippen molar-refractivity contribution in [1.82, 2.24) is 0 Å². The number of hydrogen-bond acceptors (Lipinski definition) is 6. The maximum absolute atomic E-state index is 12.5. The fraction of sp³-hybridized carbons (Fsp3) is 0.150. The molecule has 0 bridgehead atoms. The predicted octanol–water partition coefficient (Wildman–Crippen LogP) is 3.47. The average Bonchev–Trinajstić information content (AvgIpc) is 2.92. The first kappa shape index (κ1) is 18.8. The number of esters is 1. The molecule has 6 nitrogen and oxygen atoms in total. The van der Waals surface area contributed by atoms with E-state index in [2.05, 4.69) is 20.7 Å². The van der Waals surface area contributed by atoms with Crippen molar-refractivity contribution in [3.63, 3.8) is 0 Å². The van der Waals surface area contributed by atoms with Gasteiger partial charge in [-0.15, -0.1) is 0 Å². The van der Waals surface area contributed by atoms with Crippen molar-refractivity contribution in [2.75, 3.05) is 20.8 Å². The van der Waals surface area contributed by atoms with Crippen molar-refractivity contribution in [3.8, 4) is 11.5 Å². The van der Waals surface area contributed by atoms with Crippen LogP contribution in [0.1, 0.15) is 26.3 Å². The molecule has 0 N–H and O–H groups in total. The Kier molecular flexibility index (Phi) is 5.41. The van der Waals surface area contributed by atoms with Crippen LogP contribution in [0.5, 0.6) is 11.5 Å². The van der Waals surface area contributed by atoms with Crippen molar-refractivity contribution in [3.05, 3.63) is 63.1 Å². The number of methoxy groups -OCH3 is 2. The molecule has 1 aliphatic rings. The predicted molar refractivity (Wildman–Crippen MR) is 101 cm³/mol. The lowest BCUT2D eigenvalue weighted by Gasteiger charge is -2.12. The second-order valence-corrected chi connectivity index (χ2v) is 6.51. The smallest absolute Gasteiger partial charge is 0.343 e. The Bertz CT molecular complexity index is 939. The minimum Gasteiger partial charge on any atom is -0.493 e. The molecule has 0 radical (unpaired) electrons. The largest absolute Gasteiger partial charge is 0.493 e. The maximum Gasteiger partial charge on any atom is 0.343 e. The van der Waals surface area contributed by atoms with Gasteiger partial charge in [-0.2, -0.15) is 0 Å². The molecule has 0 saturated heterocycles. The van der Waals surface area contributed by atoms with E-state index in [0.29, 0.717) is 32.7 Å². The summed E-state index contributed by atoms with van der Waals surface area (Å²) >= 11 is 3.40. The molecule has 2 aromatic rings. The Labute approximate surface area is 163 Å². The van der Waals surface area contributed by atoms with E-state index in [0.717, 1.165) is 0 Å². The molecule has 0 amide bonds. The van der Waals surface area contributed by atoms with Crippen LogP contribution in [0.2, 0.25) is 0 Å². The van der Waals surface area contributed by atoms with Gasteiger partial charge in [-0.25, -0.2) is 4.79 Å². The van der Waals surface area contributed by atoms with Gasteiger partial charge in [-0.1, -0.05) is 40.2 Å². The fourth-order valence-corrected chi connectivity index (χ4v) is 3.13. The van der Waals surface area contributed by atoms with Crippen LogP contribution in [0.15, 0.2) is 46.4 Å². The number of hydrogen-bond donors (Lipinski definition) is 0. The third kappa shape index (κ3) is 3.64. The van der Waals surface area contributed by atoms with E-state index in [1.165, 1.54) is 20.3 Å². The zero-order valence-electron chi connectivity index (χ0n) is 14.6. The van der Waals surface area contributed by atoms with Crippen LogP contribution in [0, 0.1) is 0 Å². The minimum absolute atomic E-state index is 0.0854. The number of halogens is 1. The van der Waals surface area contributed by atoms with Gasteiger partial charge in [0.1, 0.15) is 0 Å². The molecular weight excluding hydrogens is 416 g/mol. The molecule has 0 aromatic heterocycles. The lowest BCUT2D eigenvalue weighted by atomic mass is 10.1. The van der Waals surface area contributed by atoms with Crippen LogP contribution in [-0.2, 0) is 9.53 Å². The summed E-state index contributed by atoms with van der Waals surface area (Å²) in [4.78, 5) is 36.3. The van der Waals surface area contributed by atoms with E-state index in [1.807, 2.05) is 0 Å². The number of benzene rings is 2. The summed E-state index contributed by atoms with van der Waals surface area (Å²) in [6.45, 7) is -0.272. The number of fused-ring (bicyclic) bond motifs is 1. The summed E-state index contributed by atoms with van der Waals surface area (Å²) in [7, 11) is 2.72. The molecule has 0 spiro atoms. The van der Waals surface area contributed by atoms with Crippen molar-refractivity contribution in [1.29, 1.82) is 0 Å². The fourth-order valence-electron chi connectivity index (χ4n) is 2.69. The van der Waals surface area contributed by atoms with E-state index in [9.17, 15) is 14.4 Å². The first-order valence-electron chi connectivity index (χ1n) is 7.93. The molecule has 0 atom stereocenters. The van der Waals surface area contributed by atoms with Gasteiger partial charge in [0.05, 0.1) is 19.8 Å².